The van der Waals surface area contributed by atoms with Crippen LogP contribution in [0.5, 0.6) is 11.5 Å². The highest BCUT2D eigenvalue weighted by Gasteiger charge is 2.19. The number of rotatable bonds is 6. The molecule has 0 bridgehead atoms. The molecule has 0 amide bonds. The Morgan fingerprint density at radius 2 is 1.87 bits per heavy atom. The first-order valence-corrected chi connectivity index (χ1v) is 11.4. The number of nitriles is 1. The number of nitrogens with zero attached hydrogens (tertiary/aromatic N) is 4. The largest absolute Gasteiger partial charge is 0.454 e. The molecule has 4 rings (SSSR count). The van der Waals surface area contributed by atoms with E-state index in [2.05, 4.69) is 19.7 Å². The van der Waals surface area contributed by atoms with E-state index in [9.17, 15) is 13.7 Å². The minimum atomic E-state index is -3.91. The van der Waals surface area contributed by atoms with Crippen molar-refractivity contribution in [3.63, 3.8) is 0 Å². The Bertz CT molecular complexity index is 1370. The average Bonchev–Trinajstić information content (AvgIpc) is 3.28. The Balaban J connectivity index is 1.69. The van der Waals surface area contributed by atoms with Crippen LogP contribution in [0.15, 0.2) is 71.5 Å². The summed E-state index contributed by atoms with van der Waals surface area (Å²) in [6, 6.07) is 11.2. The molecule has 3 aromatic heterocycles. The van der Waals surface area contributed by atoms with E-state index in [1.807, 2.05) is 6.07 Å². The molecular formula is C20H12ClN5O3S2. The van der Waals surface area contributed by atoms with Crippen LogP contribution in [-0.4, -0.2) is 23.4 Å². The van der Waals surface area contributed by atoms with E-state index in [1.165, 1.54) is 30.6 Å². The van der Waals surface area contributed by atoms with Gasteiger partial charge in [-0.3, -0.25) is 9.71 Å². The van der Waals surface area contributed by atoms with Crippen LogP contribution in [0.1, 0.15) is 5.56 Å². The number of sulfonamides is 1. The van der Waals surface area contributed by atoms with Gasteiger partial charge in [0.25, 0.3) is 10.0 Å². The van der Waals surface area contributed by atoms with Gasteiger partial charge in [0, 0.05) is 29.5 Å². The number of anilines is 1. The number of thiazole rings is 1. The summed E-state index contributed by atoms with van der Waals surface area (Å²) in [5.74, 6) is 0.527. The second-order valence-corrected chi connectivity index (χ2v) is 9.02. The van der Waals surface area contributed by atoms with Crippen molar-refractivity contribution in [3.8, 4) is 28.7 Å². The molecule has 11 heteroatoms. The molecule has 3 heterocycles. The third-order valence-electron chi connectivity index (χ3n) is 4.08. The minimum absolute atomic E-state index is 0.0395. The standard InChI is InChI=1S/C20H12ClN5O3S2/c21-19-10-16(13-3-5-23-6-4-13)18(12-25-19)29-17-2-1-15(9-14(17)11-22)31(27,28)26-20-24-7-8-30-20/h1-10,12H,(H,24,26). The molecular weight excluding hydrogens is 458 g/mol. The fourth-order valence-corrected chi connectivity index (χ4v) is 4.65. The van der Waals surface area contributed by atoms with Crippen molar-refractivity contribution in [2.45, 2.75) is 4.90 Å². The third kappa shape index (κ3) is 4.64. The topological polar surface area (TPSA) is 118 Å². The lowest BCUT2D eigenvalue weighted by atomic mass is 10.1. The van der Waals surface area contributed by atoms with Crippen LogP contribution < -0.4 is 9.46 Å². The van der Waals surface area contributed by atoms with E-state index in [1.54, 1.807) is 36.0 Å². The van der Waals surface area contributed by atoms with Gasteiger partial charge in [-0.2, -0.15) is 5.26 Å². The lowest BCUT2D eigenvalue weighted by Crippen LogP contribution is -2.13. The van der Waals surface area contributed by atoms with E-state index >= 15 is 0 Å². The van der Waals surface area contributed by atoms with Crippen LogP contribution in [0, 0.1) is 11.3 Å². The molecule has 0 fully saturated rings. The fraction of sp³-hybridized carbons (Fsp3) is 0. The Labute approximate surface area is 186 Å². The van der Waals surface area contributed by atoms with E-state index < -0.39 is 10.0 Å². The number of benzene rings is 1. The Hall–Kier alpha value is -3.52. The number of ether oxygens (including phenoxy) is 1. The molecule has 0 unspecified atom stereocenters. The van der Waals surface area contributed by atoms with E-state index in [4.69, 9.17) is 16.3 Å². The van der Waals surface area contributed by atoms with Gasteiger partial charge in [0.1, 0.15) is 17.0 Å². The number of aromatic nitrogens is 3. The summed E-state index contributed by atoms with van der Waals surface area (Å²) in [5, 5.41) is 11.7. The molecule has 31 heavy (non-hydrogen) atoms. The quantitative estimate of drug-likeness (QED) is 0.406. The summed E-state index contributed by atoms with van der Waals surface area (Å²) < 4.78 is 33.5. The molecule has 0 radical (unpaired) electrons. The summed E-state index contributed by atoms with van der Waals surface area (Å²) in [7, 11) is -3.91. The van der Waals surface area contributed by atoms with Crippen molar-refractivity contribution >= 4 is 38.1 Å². The van der Waals surface area contributed by atoms with Crippen LogP contribution in [0.2, 0.25) is 5.15 Å². The average molecular weight is 470 g/mol. The molecule has 0 aliphatic rings. The predicted octanol–water partition coefficient (Wildman–Crippen LogP) is 4.72. The highest BCUT2D eigenvalue weighted by Crippen LogP contribution is 2.36. The summed E-state index contributed by atoms with van der Waals surface area (Å²) in [4.78, 5) is 11.9. The summed E-state index contributed by atoms with van der Waals surface area (Å²) in [6.45, 7) is 0. The van der Waals surface area contributed by atoms with Crippen LogP contribution in [0.25, 0.3) is 11.1 Å². The molecule has 1 N–H and O–H groups in total. The zero-order chi connectivity index (χ0) is 21.8. The number of pyridine rings is 2. The Kier molecular flexibility index (Phi) is 5.81. The van der Waals surface area contributed by atoms with Gasteiger partial charge in [-0.05, 0) is 42.0 Å². The van der Waals surface area contributed by atoms with Gasteiger partial charge in [-0.25, -0.2) is 18.4 Å². The molecule has 4 aromatic rings. The molecule has 0 aliphatic carbocycles. The van der Waals surface area contributed by atoms with Crippen LogP contribution in [-0.2, 0) is 10.0 Å². The molecule has 8 nitrogen and oxygen atoms in total. The first-order valence-electron chi connectivity index (χ1n) is 8.66. The second kappa shape index (κ2) is 8.69. The van der Waals surface area contributed by atoms with E-state index in [-0.39, 0.29) is 26.5 Å². The number of hydrogen-bond donors (Lipinski definition) is 1. The Morgan fingerprint density at radius 3 is 2.58 bits per heavy atom. The van der Waals surface area contributed by atoms with Gasteiger partial charge in [0.2, 0.25) is 0 Å². The second-order valence-electron chi connectivity index (χ2n) is 6.05. The first-order chi connectivity index (χ1) is 15.0. The SMILES string of the molecule is N#Cc1cc(S(=O)(=O)Nc2nccs2)ccc1Oc1cnc(Cl)cc1-c1ccncc1. The molecule has 1 aromatic carbocycles. The lowest BCUT2D eigenvalue weighted by Gasteiger charge is -2.13. The molecule has 0 saturated heterocycles. The monoisotopic (exact) mass is 469 g/mol. The van der Waals surface area contributed by atoms with Crippen molar-refractivity contribution in [1.29, 1.82) is 5.26 Å². The van der Waals surface area contributed by atoms with E-state index in [0.717, 1.165) is 16.9 Å². The zero-order valence-corrected chi connectivity index (χ0v) is 17.9. The zero-order valence-electron chi connectivity index (χ0n) is 15.6. The number of nitrogens with one attached hydrogen (secondary N) is 1. The first kappa shape index (κ1) is 20.7. The van der Waals surface area contributed by atoms with Crippen molar-refractivity contribution in [2.24, 2.45) is 0 Å². The van der Waals surface area contributed by atoms with E-state index in [0.29, 0.717) is 11.3 Å². The summed E-state index contributed by atoms with van der Waals surface area (Å²) in [6.07, 6.45) is 6.18. The summed E-state index contributed by atoms with van der Waals surface area (Å²) >= 11 is 7.19. The van der Waals surface area contributed by atoms with Gasteiger partial charge in [0.15, 0.2) is 10.9 Å². The maximum atomic E-state index is 12.6. The van der Waals surface area contributed by atoms with Crippen molar-refractivity contribution in [2.75, 3.05) is 4.72 Å². The lowest BCUT2D eigenvalue weighted by molar-refractivity contribution is 0.480. The molecule has 154 valence electrons. The van der Waals surface area contributed by atoms with Gasteiger partial charge in [-0.1, -0.05) is 11.6 Å². The minimum Gasteiger partial charge on any atom is -0.454 e. The fourth-order valence-electron chi connectivity index (χ4n) is 2.67. The number of halogens is 1. The maximum absolute atomic E-state index is 12.6. The summed E-state index contributed by atoms with van der Waals surface area (Å²) in [5.41, 5.74) is 1.48. The van der Waals surface area contributed by atoms with Crippen molar-refractivity contribution < 1.29 is 13.2 Å². The van der Waals surface area contributed by atoms with Gasteiger partial charge >= 0.3 is 0 Å². The van der Waals surface area contributed by atoms with Crippen LogP contribution in [0.3, 0.4) is 0 Å². The van der Waals surface area contributed by atoms with Gasteiger partial charge in [-0.15, -0.1) is 11.3 Å². The smallest absolute Gasteiger partial charge is 0.263 e. The normalized spacial score (nSPS) is 11.0. The van der Waals surface area contributed by atoms with Crippen LogP contribution in [0.4, 0.5) is 5.13 Å². The molecule has 0 spiro atoms. The number of hydrogen-bond acceptors (Lipinski definition) is 8. The molecule has 0 atom stereocenters. The molecule has 0 aliphatic heterocycles. The van der Waals surface area contributed by atoms with Gasteiger partial charge < -0.3 is 4.74 Å². The van der Waals surface area contributed by atoms with Crippen molar-refractivity contribution in [1.82, 2.24) is 15.0 Å². The molecule has 0 saturated carbocycles. The highest BCUT2D eigenvalue weighted by atomic mass is 35.5. The third-order valence-corrected chi connectivity index (χ3v) is 6.44. The van der Waals surface area contributed by atoms with Gasteiger partial charge in [0.05, 0.1) is 16.7 Å². The Morgan fingerprint density at radius 1 is 1.06 bits per heavy atom. The predicted molar refractivity (Wildman–Crippen MR) is 117 cm³/mol. The van der Waals surface area contributed by atoms with Crippen LogP contribution >= 0.6 is 22.9 Å². The highest BCUT2D eigenvalue weighted by molar-refractivity contribution is 7.93. The van der Waals surface area contributed by atoms with Crippen molar-refractivity contribution in [3.05, 3.63) is 77.3 Å². The maximum Gasteiger partial charge on any atom is 0.263 e.